The number of nitrogens with zero attached hydrogens (tertiary/aromatic N) is 3. The highest BCUT2D eigenvalue weighted by molar-refractivity contribution is 7.20. The molecule has 0 aromatic carbocycles. The minimum absolute atomic E-state index is 0.127. The summed E-state index contributed by atoms with van der Waals surface area (Å²) in [7, 11) is 0. The molecule has 0 spiro atoms. The van der Waals surface area contributed by atoms with Crippen molar-refractivity contribution in [3.63, 3.8) is 0 Å². The van der Waals surface area contributed by atoms with Gasteiger partial charge in [0.25, 0.3) is 5.91 Å². The standard InChI is InChI=1S/C20H16F3N5O2S/c1-11-14-17(25-9-12-5-4-8-30-12)26-10-27-19(14)31-15(11)18(29)28-16(20(21,22)23)13-6-2-3-7-24-13/h2-8,10,16H,9H2,1H3,(H,28,29)(H,25,26,27)/t16-/m1/s1. The van der Waals surface area contributed by atoms with Gasteiger partial charge in [-0.15, -0.1) is 11.3 Å². The molecule has 0 saturated heterocycles. The van der Waals surface area contributed by atoms with Gasteiger partial charge >= 0.3 is 6.18 Å². The number of carbonyl (C=O) groups excluding carboxylic acids is 1. The summed E-state index contributed by atoms with van der Waals surface area (Å²) in [6, 6.07) is 5.48. The normalized spacial score (nSPS) is 12.6. The van der Waals surface area contributed by atoms with E-state index in [1.165, 1.54) is 30.7 Å². The molecule has 1 amide bonds. The zero-order valence-electron chi connectivity index (χ0n) is 16.1. The Bertz CT molecular complexity index is 1190. The summed E-state index contributed by atoms with van der Waals surface area (Å²) in [6.45, 7) is 2.00. The van der Waals surface area contributed by atoms with Crippen LogP contribution in [-0.2, 0) is 6.54 Å². The van der Waals surface area contributed by atoms with Crippen LogP contribution in [0.15, 0.2) is 53.5 Å². The second kappa shape index (κ2) is 8.34. The van der Waals surface area contributed by atoms with Crippen LogP contribution in [0.1, 0.15) is 32.7 Å². The molecule has 0 unspecified atom stereocenters. The minimum atomic E-state index is -4.70. The fourth-order valence-electron chi connectivity index (χ4n) is 3.07. The molecule has 7 nitrogen and oxygen atoms in total. The van der Waals surface area contributed by atoms with E-state index in [-0.39, 0.29) is 10.6 Å². The SMILES string of the molecule is Cc1c(C(=O)N[C@H](c2ccccn2)C(F)(F)F)sc2ncnc(NCc3ccco3)c12. The molecule has 0 aliphatic rings. The number of pyridine rings is 1. The number of thiophene rings is 1. The molecular formula is C20H16F3N5O2S. The van der Waals surface area contributed by atoms with Crippen LogP contribution in [-0.4, -0.2) is 27.0 Å². The molecular weight excluding hydrogens is 431 g/mol. The van der Waals surface area contributed by atoms with Gasteiger partial charge in [-0.05, 0) is 36.8 Å². The fourth-order valence-corrected chi connectivity index (χ4v) is 4.12. The van der Waals surface area contributed by atoms with Crippen molar-refractivity contribution < 1.29 is 22.4 Å². The smallest absolute Gasteiger partial charge is 0.414 e. The maximum atomic E-state index is 13.6. The lowest BCUT2D eigenvalue weighted by molar-refractivity contribution is -0.156. The summed E-state index contributed by atoms with van der Waals surface area (Å²) >= 11 is 1.00. The molecule has 160 valence electrons. The number of fused-ring (bicyclic) bond motifs is 1. The molecule has 31 heavy (non-hydrogen) atoms. The number of rotatable bonds is 6. The first-order chi connectivity index (χ1) is 14.8. The Morgan fingerprint density at radius 1 is 1.19 bits per heavy atom. The molecule has 0 fully saturated rings. The number of alkyl halides is 3. The number of aromatic nitrogens is 3. The molecule has 0 aliphatic carbocycles. The predicted octanol–water partition coefficient (Wildman–Crippen LogP) is 4.63. The monoisotopic (exact) mass is 447 g/mol. The number of furan rings is 1. The number of hydrogen-bond donors (Lipinski definition) is 2. The number of amides is 1. The van der Waals surface area contributed by atoms with Crippen LogP contribution in [0.2, 0.25) is 0 Å². The molecule has 2 N–H and O–H groups in total. The van der Waals surface area contributed by atoms with Crippen molar-refractivity contribution >= 4 is 33.3 Å². The van der Waals surface area contributed by atoms with Crippen LogP contribution in [0.25, 0.3) is 10.2 Å². The highest BCUT2D eigenvalue weighted by Crippen LogP contribution is 2.36. The third kappa shape index (κ3) is 4.36. The Labute approximate surface area is 178 Å². The van der Waals surface area contributed by atoms with E-state index < -0.39 is 18.1 Å². The van der Waals surface area contributed by atoms with E-state index >= 15 is 0 Å². The highest BCUT2D eigenvalue weighted by atomic mass is 32.1. The van der Waals surface area contributed by atoms with Gasteiger partial charge in [0, 0.05) is 6.20 Å². The second-order valence-corrected chi connectivity index (χ2v) is 7.59. The van der Waals surface area contributed by atoms with Gasteiger partial charge in [-0.3, -0.25) is 9.78 Å². The molecule has 1 atom stereocenters. The van der Waals surface area contributed by atoms with Gasteiger partial charge in [-0.25, -0.2) is 9.97 Å². The van der Waals surface area contributed by atoms with E-state index in [0.717, 1.165) is 11.3 Å². The summed E-state index contributed by atoms with van der Waals surface area (Å²) in [4.78, 5) is 25.5. The van der Waals surface area contributed by atoms with E-state index in [9.17, 15) is 18.0 Å². The van der Waals surface area contributed by atoms with Gasteiger partial charge in [0.2, 0.25) is 0 Å². The number of halogens is 3. The quantitative estimate of drug-likeness (QED) is 0.448. The molecule has 0 radical (unpaired) electrons. The Kier molecular flexibility index (Phi) is 5.59. The summed E-state index contributed by atoms with van der Waals surface area (Å²) in [5.41, 5.74) is 0.199. The molecule has 0 bridgehead atoms. The molecule has 0 aliphatic heterocycles. The van der Waals surface area contributed by atoms with E-state index in [1.54, 1.807) is 25.3 Å². The van der Waals surface area contributed by atoms with Crippen molar-refractivity contribution in [2.75, 3.05) is 5.32 Å². The van der Waals surface area contributed by atoms with Crippen molar-refractivity contribution in [2.24, 2.45) is 0 Å². The van der Waals surface area contributed by atoms with E-state index in [0.29, 0.717) is 33.9 Å². The highest BCUT2D eigenvalue weighted by Gasteiger charge is 2.43. The third-order valence-corrected chi connectivity index (χ3v) is 5.73. The van der Waals surface area contributed by atoms with Crippen LogP contribution in [0.5, 0.6) is 0 Å². The third-order valence-electron chi connectivity index (χ3n) is 4.53. The number of anilines is 1. The van der Waals surface area contributed by atoms with E-state index in [1.807, 2.05) is 0 Å². The number of carbonyl (C=O) groups is 1. The molecule has 4 aromatic heterocycles. The fraction of sp³-hybridized carbons (Fsp3) is 0.200. The maximum absolute atomic E-state index is 13.6. The average Bonchev–Trinajstić information content (AvgIpc) is 3.38. The van der Waals surface area contributed by atoms with Crippen molar-refractivity contribution in [2.45, 2.75) is 25.7 Å². The van der Waals surface area contributed by atoms with Gasteiger partial charge in [0.15, 0.2) is 6.04 Å². The van der Waals surface area contributed by atoms with Gasteiger partial charge in [-0.1, -0.05) is 6.07 Å². The van der Waals surface area contributed by atoms with Gasteiger partial charge in [-0.2, -0.15) is 13.2 Å². The molecule has 11 heteroatoms. The van der Waals surface area contributed by atoms with Crippen LogP contribution in [0, 0.1) is 6.92 Å². The predicted molar refractivity (Wildman–Crippen MR) is 109 cm³/mol. The van der Waals surface area contributed by atoms with Crippen molar-refractivity contribution in [1.82, 2.24) is 20.3 Å². The van der Waals surface area contributed by atoms with Crippen molar-refractivity contribution in [1.29, 1.82) is 0 Å². The molecule has 4 heterocycles. The topological polar surface area (TPSA) is 92.9 Å². The average molecular weight is 447 g/mol. The first-order valence-electron chi connectivity index (χ1n) is 9.13. The minimum Gasteiger partial charge on any atom is -0.467 e. The van der Waals surface area contributed by atoms with Crippen LogP contribution in [0.4, 0.5) is 19.0 Å². The summed E-state index contributed by atoms with van der Waals surface area (Å²) in [5, 5.41) is 5.75. The lowest BCUT2D eigenvalue weighted by Crippen LogP contribution is -2.38. The van der Waals surface area contributed by atoms with Gasteiger partial charge in [0.1, 0.15) is 22.7 Å². The lowest BCUT2D eigenvalue weighted by atomic mass is 10.1. The number of hydrogen-bond acceptors (Lipinski definition) is 7. The molecule has 4 rings (SSSR count). The van der Waals surface area contributed by atoms with Crippen LogP contribution >= 0.6 is 11.3 Å². The first-order valence-corrected chi connectivity index (χ1v) is 9.95. The molecule has 4 aromatic rings. The van der Waals surface area contributed by atoms with Crippen LogP contribution in [0.3, 0.4) is 0 Å². The van der Waals surface area contributed by atoms with Gasteiger partial charge < -0.3 is 15.1 Å². The van der Waals surface area contributed by atoms with Gasteiger partial charge in [0.05, 0.1) is 28.8 Å². The van der Waals surface area contributed by atoms with E-state index in [2.05, 4.69) is 25.6 Å². The lowest BCUT2D eigenvalue weighted by Gasteiger charge is -2.21. The maximum Gasteiger partial charge on any atom is 0.414 e. The number of aryl methyl sites for hydroxylation is 1. The van der Waals surface area contributed by atoms with Crippen LogP contribution < -0.4 is 10.6 Å². The number of nitrogens with one attached hydrogen (secondary N) is 2. The second-order valence-electron chi connectivity index (χ2n) is 6.59. The first kappa shape index (κ1) is 20.8. The summed E-state index contributed by atoms with van der Waals surface area (Å²) in [5.74, 6) is 0.290. The largest absolute Gasteiger partial charge is 0.467 e. The Morgan fingerprint density at radius 2 is 2.03 bits per heavy atom. The summed E-state index contributed by atoms with van der Waals surface area (Å²) < 4.78 is 46.1. The summed E-state index contributed by atoms with van der Waals surface area (Å²) in [6.07, 6.45) is -0.581. The van der Waals surface area contributed by atoms with E-state index in [4.69, 9.17) is 4.42 Å². The zero-order valence-corrected chi connectivity index (χ0v) is 16.9. The molecule has 0 saturated carbocycles. The van der Waals surface area contributed by atoms with Crippen molar-refractivity contribution in [3.8, 4) is 0 Å². The Hall–Kier alpha value is -3.47. The Balaban J connectivity index is 1.63. The zero-order chi connectivity index (χ0) is 22.0. The Morgan fingerprint density at radius 3 is 2.71 bits per heavy atom. The van der Waals surface area contributed by atoms with Crippen molar-refractivity contribution in [3.05, 3.63) is 71.0 Å².